The van der Waals surface area contributed by atoms with Gasteiger partial charge in [-0.3, -0.25) is 4.90 Å². The molecule has 0 aromatic heterocycles. The Morgan fingerprint density at radius 3 is 1.85 bits per heavy atom. The Labute approximate surface area is 123 Å². The Bertz CT molecular complexity index is 321. The summed E-state index contributed by atoms with van der Waals surface area (Å²) in [7, 11) is 0. The molecule has 1 N–H and O–H groups in total. The summed E-state index contributed by atoms with van der Waals surface area (Å²) < 4.78 is 0. The first-order valence-electron chi connectivity index (χ1n) is 8.32. The molecule has 0 amide bonds. The molecular formula is C17H29NO2. The lowest BCUT2D eigenvalue weighted by Gasteiger charge is -2.42. The van der Waals surface area contributed by atoms with E-state index in [1.165, 1.54) is 70.3 Å². The van der Waals surface area contributed by atoms with Crippen molar-refractivity contribution in [3.05, 3.63) is 11.6 Å². The maximum Gasteiger partial charge on any atom is 0.328 e. The van der Waals surface area contributed by atoms with Crippen LogP contribution in [0.3, 0.4) is 0 Å². The molecule has 0 spiro atoms. The quantitative estimate of drug-likeness (QED) is 0.774. The molecule has 20 heavy (non-hydrogen) atoms. The van der Waals surface area contributed by atoms with Crippen LogP contribution < -0.4 is 0 Å². The molecule has 3 heteroatoms. The van der Waals surface area contributed by atoms with Gasteiger partial charge in [0.25, 0.3) is 0 Å². The van der Waals surface area contributed by atoms with Gasteiger partial charge in [0.05, 0.1) is 0 Å². The van der Waals surface area contributed by atoms with E-state index in [2.05, 4.69) is 4.90 Å². The minimum Gasteiger partial charge on any atom is -0.478 e. The van der Waals surface area contributed by atoms with Gasteiger partial charge in [0, 0.05) is 24.7 Å². The van der Waals surface area contributed by atoms with Crippen molar-refractivity contribution in [2.45, 2.75) is 83.2 Å². The van der Waals surface area contributed by atoms with Crippen molar-refractivity contribution >= 4 is 5.97 Å². The first-order valence-corrected chi connectivity index (χ1v) is 8.32. The molecule has 0 heterocycles. The standard InChI is InChI=1S/C17H29NO2/c1-14(12-17(19)20)13-18(15-8-4-2-5-9-15)16-10-6-3-7-11-16/h12,15-16H,2-11,13H2,1H3,(H,19,20). The lowest BCUT2D eigenvalue weighted by molar-refractivity contribution is -0.131. The van der Waals surface area contributed by atoms with Crippen molar-refractivity contribution in [3.63, 3.8) is 0 Å². The van der Waals surface area contributed by atoms with E-state index in [9.17, 15) is 4.79 Å². The summed E-state index contributed by atoms with van der Waals surface area (Å²) in [5.74, 6) is -0.810. The van der Waals surface area contributed by atoms with Crippen LogP contribution in [0, 0.1) is 0 Å². The van der Waals surface area contributed by atoms with E-state index in [0.717, 1.165) is 12.1 Å². The zero-order valence-electron chi connectivity index (χ0n) is 12.8. The summed E-state index contributed by atoms with van der Waals surface area (Å²) in [4.78, 5) is 13.5. The highest BCUT2D eigenvalue weighted by molar-refractivity contribution is 5.80. The summed E-state index contributed by atoms with van der Waals surface area (Å²) in [5, 5.41) is 8.92. The minimum atomic E-state index is -0.810. The predicted molar refractivity (Wildman–Crippen MR) is 81.8 cm³/mol. The summed E-state index contributed by atoms with van der Waals surface area (Å²) in [6.07, 6.45) is 14.7. The fourth-order valence-electron chi connectivity index (χ4n) is 3.93. The molecule has 114 valence electrons. The van der Waals surface area contributed by atoms with E-state index in [1.807, 2.05) is 6.92 Å². The van der Waals surface area contributed by atoms with Crippen LogP contribution >= 0.6 is 0 Å². The average Bonchev–Trinajstić information content (AvgIpc) is 2.46. The zero-order valence-corrected chi connectivity index (χ0v) is 12.8. The number of hydrogen-bond donors (Lipinski definition) is 1. The molecular weight excluding hydrogens is 250 g/mol. The van der Waals surface area contributed by atoms with E-state index in [0.29, 0.717) is 12.1 Å². The third-order valence-electron chi connectivity index (χ3n) is 4.89. The van der Waals surface area contributed by atoms with Crippen molar-refractivity contribution in [1.29, 1.82) is 0 Å². The normalized spacial score (nSPS) is 23.2. The third kappa shape index (κ3) is 4.62. The molecule has 0 radical (unpaired) electrons. The summed E-state index contributed by atoms with van der Waals surface area (Å²) >= 11 is 0. The topological polar surface area (TPSA) is 40.5 Å². The molecule has 2 aliphatic rings. The number of nitrogens with zero attached hydrogens (tertiary/aromatic N) is 1. The second kappa shape index (κ2) is 7.82. The molecule has 0 atom stereocenters. The van der Waals surface area contributed by atoms with Gasteiger partial charge in [-0.15, -0.1) is 0 Å². The molecule has 2 fully saturated rings. The second-order valence-corrected chi connectivity index (χ2v) is 6.58. The van der Waals surface area contributed by atoms with Crippen LogP contribution in [0.5, 0.6) is 0 Å². The highest BCUT2D eigenvalue weighted by Gasteiger charge is 2.28. The van der Waals surface area contributed by atoms with E-state index in [1.54, 1.807) is 0 Å². The van der Waals surface area contributed by atoms with E-state index < -0.39 is 5.97 Å². The van der Waals surface area contributed by atoms with Crippen LogP contribution in [0.4, 0.5) is 0 Å². The molecule has 0 bridgehead atoms. The smallest absolute Gasteiger partial charge is 0.328 e. The van der Waals surface area contributed by atoms with Gasteiger partial charge in [-0.1, -0.05) is 44.1 Å². The Balaban J connectivity index is 2.03. The lowest BCUT2D eigenvalue weighted by atomic mass is 9.88. The summed E-state index contributed by atoms with van der Waals surface area (Å²) in [5.41, 5.74) is 0.994. The molecule has 0 aromatic rings. The largest absolute Gasteiger partial charge is 0.478 e. The van der Waals surface area contributed by atoms with E-state index in [-0.39, 0.29) is 0 Å². The van der Waals surface area contributed by atoms with Gasteiger partial charge in [0.1, 0.15) is 0 Å². The molecule has 0 unspecified atom stereocenters. The first kappa shape index (κ1) is 15.6. The maximum absolute atomic E-state index is 10.8. The van der Waals surface area contributed by atoms with Gasteiger partial charge in [-0.05, 0) is 32.6 Å². The molecule has 0 saturated heterocycles. The van der Waals surface area contributed by atoms with E-state index >= 15 is 0 Å². The van der Waals surface area contributed by atoms with Crippen LogP contribution in [0.1, 0.15) is 71.1 Å². The van der Waals surface area contributed by atoms with Crippen molar-refractivity contribution in [2.75, 3.05) is 6.54 Å². The number of hydrogen-bond acceptors (Lipinski definition) is 2. The first-order chi connectivity index (χ1) is 9.66. The molecule has 3 nitrogen and oxygen atoms in total. The van der Waals surface area contributed by atoms with Gasteiger partial charge >= 0.3 is 5.97 Å². The summed E-state index contributed by atoms with van der Waals surface area (Å²) in [6.45, 7) is 2.81. The lowest BCUT2D eigenvalue weighted by Crippen LogP contribution is -2.46. The highest BCUT2D eigenvalue weighted by atomic mass is 16.4. The number of carboxylic acid groups (broad SMARTS) is 1. The maximum atomic E-state index is 10.8. The number of carbonyl (C=O) groups is 1. The van der Waals surface area contributed by atoms with Gasteiger partial charge < -0.3 is 5.11 Å². The average molecular weight is 279 g/mol. The zero-order chi connectivity index (χ0) is 14.4. The summed E-state index contributed by atoms with van der Waals surface area (Å²) in [6, 6.07) is 1.37. The molecule has 0 aliphatic heterocycles. The van der Waals surface area contributed by atoms with Crippen molar-refractivity contribution < 1.29 is 9.90 Å². The van der Waals surface area contributed by atoms with E-state index in [4.69, 9.17) is 5.11 Å². The highest BCUT2D eigenvalue weighted by Crippen LogP contribution is 2.30. The second-order valence-electron chi connectivity index (χ2n) is 6.58. The molecule has 0 aromatic carbocycles. The SMILES string of the molecule is CC(=CC(=O)O)CN(C1CCCCC1)C1CCCCC1. The number of carboxylic acids is 1. The monoisotopic (exact) mass is 279 g/mol. The van der Waals surface area contributed by atoms with Crippen molar-refractivity contribution in [1.82, 2.24) is 4.90 Å². The van der Waals surface area contributed by atoms with Gasteiger partial charge in [-0.2, -0.15) is 0 Å². The minimum absolute atomic E-state index is 0.684. The van der Waals surface area contributed by atoms with Crippen LogP contribution in [0.2, 0.25) is 0 Å². The van der Waals surface area contributed by atoms with Gasteiger partial charge in [-0.25, -0.2) is 4.79 Å². The third-order valence-corrected chi connectivity index (χ3v) is 4.89. The fourth-order valence-corrected chi connectivity index (χ4v) is 3.93. The molecule has 2 aliphatic carbocycles. The van der Waals surface area contributed by atoms with Crippen molar-refractivity contribution in [3.8, 4) is 0 Å². The Morgan fingerprint density at radius 2 is 1.45 bits per heavy atom. The van der Waals surface area contributed by atoms with Gasteiger partial charge in [0.2, 0.25) is 0 Å². The van der Waals surface area contributed by atoms with Crippen LogP contribution in [0.25, 0.3) is 0 Å². The van der Waals surface area contributed by atoms with Crippen LogP contribution in [-0.2, 0) is 4.79 Å². The fraction of sp³-hybridized carbons (Fsp3) is 0.824. The predicted octanol–water partition coefficient (Wildman–Crippen LogP) is 3.98. The number of aliphatic carboxylic acids is 1. The van der Waals surface area contributed by atoms with Crippen molar-refractivity contribution in [2.24, 2.45) is 0 Å². The Morgan fingerprint density at radius 1 is 1.00 bits per heavy atom. The molecule has 2 saturated carbocycles. The van der Waals surface area contributed by atoms with Crippen LogP contribution in [0.15, 0.2) is 11.6 Å². The van der Waals surface area contributed by atoms with Gasteiger partial charge in [0.15, 0.2) is 0 Å². The Hall–Kier alpha value is -0.830. The van der Waals surface area contributed by atoms with Crippen LogP contribution in [-0.4, -0.2) is 34.6 Å². The molecule has 2 rings (SSSR count). The number of rotatable bonds is 5. The Kier molecular flexibility index (Phi) is 6.08.